The maximum absolute atomic E-state index is 11.9. The molecule has 0 saturated heterocycles. The zero-order valence-corrected chi connectivity index (χ0v) is 17.7. The van der Waals surface area contributed by atoms with Crippen LogP contribution in [0.25, 0.3) is 0 Å². The molecule has 8 heteroatoms. The molecule has 2 N–H and O–H groups in total. The summed E-state index contributed by atoms with van der Waals surface area (Å²) in [6, 6.07) is 9.88. The Kier molecular flexibility index (Phi) is 7.84. The molecule has 1 heterocycles. The first kappa shape index (κ1) is 21.0. The van der Waals surface area contributed by atoms with E-state index in [4.69, 9.17) is 4.52 Å². The summed E-state index contributed by atoms with van der Waals surface area (Å²) in [4.78, 5) is 17.9. The predicted octanol–water partition coefficient (Wildman–Crippen LogP) is 2.88. The van der Waals surface area contributed by atoms with Crippen molar-refractivity contribution in [1.82, 2.24) is 20.7 Å². The molecule has 2 rings (SSSR count). The third-order valence-electron chi connectivity index (χ3n) is 3.84. The summed E-state index contributed by atoms with van der Waals surface area (Å²) in [7, 11) is 3.44. The summed E-state index contributed by atoms with van der Waals surface area (Å²) >= 11 is 3.42. The standard InChI is InChI=1S/C19H26BrN5O2/c1-13(2)17-9-16(27-24-17)11-22-19(23-12-18(26)25(3)4)21-10-14-5-7-15(20)8-6-14/h5-9,13H,10-12H2,1-4H3,(H2,21,22,23). The summed E-state index contributed by atoms with van der Waals surface area (Å²) in [6.45, 7) is 5.21. The van der Waals surface area contributed by atoms with Crippen LogP contribution in [-0.4, -0.2) is 42.6 Å². The fourth-order valence-electron chi connectivity index (χ4n) is 2.11. The van der Waals surface area contributed by atoms with Crippen molar-refractivity contribution in [2.75, 3.05) is 20.6 Å². The molecule has 0 bridgehead atoms. The van der Waals surface area contributed by atoms with Gasteiger partial charge in [-0.1, -0.05) is 47.1 Å². The van der Waals surface area contributed by atoms with Crippen molar-refractivity contribution >= 4 is 27.8 Å². The first-order chi connectivity index (χ1) is 12.8. The molecule has 0 spiro atoms. The number of benzene rings is 1. The Morgan fingerprint density at radius 2 is 1.96 bits per heavy atom. The monoisotopic (exact) mass is 435 g/mol. The van der Waals surface area contributed by atoms with Crippen LogP contribution in [0.5, 0.6) is 0 Å². The predicted molar refractivity (Wildman–Crippen MR) is 109 cm³/mol. The molecule has 1 amide bonds. The zero-order valence-electron chi connectivity index (χ0n) is 16.1. The molecule has 27 heavy (non-hydrogen) atoms. The van der Waals surface area contributed by atoms with Crippen LogP contribution >= 0.6 is 15.9 Å². The van der Waals surface area contributed by atoms with E-state index in [1.165, 1.54) is 4.90 Å². The number of aliphatic imine (C=N–C) groups is 1. The average Bonchev–Trinajstić information content (AvgIpc) is 3.11. The number of likely N-dealkylation sites (N-methyl/N-ethyl adjacent to an activating group) is 1. The van der Waals surface area contributed by atoms with Gasteiger partial charge >= 0.3 is 0 Å². The van der Waals surface area contributed by atoms with E-state index in [1.54, 1.807) is 14.1 Å². The van der Waals surface area contributed by atoms with Crippen LogP contribution in [0.4, 0.5) is 0 Å². The van der Waals surface area contributed by atoms with Gasteiger partial charge in [-0.05, 0) is 23.6 Å². The van der Waals surface area contributed by atoms with Crippen molar-refractivity contribution in [1.29, 1.82) is 0 Å². The number of carbonyl (C=O) groups is 1. The van der Waals surface area contributed by atoms with Crippen LogP contribution in [0.15, 0.2) is 44.3 Å². The van der Waals surface area contributed by atoms with Crippen molar-refractivity contribution in [2.45, 2.75) is 32.9 Å². The van der Waals surface area contributed by atoms with Crippen molar-refractivity contribution in [3.05, 3.63) is 51.8 Å². The van der Waals surface area contributed by atoms with E-state index in [0.29, 0.717) is 25.0 Å². The lowest BCUT2D eigenvalue weighted by Crippen LogP contribution is -2.42. The van der Waals surface area contributed by atoms with Gasteiger partial charge in [-0.2, -0.15) is 0 Å². The second kappa shape index (κ2) is 10.1. The van der Waals surface area contributed by atoms with Gasteiger partial charge in [0.05, 0.1) is 25.3 Å². The first-order valence-electron chi connectivity index (χ1n) is 8.77. The van der Waals surface area contributed by atoms with Crippen LogP contribution in [0, 0.1) is 0 Å². The smallest absolute Gasteiger partial charge is 0.241 e. The lowest BCUT2D eigenvalue weighted by molar-refractivity contribution is -0.127. The van der Waals surface area contributed by atoms with Gasteiger partial charge in [0.25, 0.3) is 0 Å². The Balaban J connectivity index is 2.01. The summed E-state index contributed by atoms with van der Waals surface area (Å²) in [5, 5.41) is 10.3. The highest BCUT2D eigenvalue weighted by atomic mass is 79.9. The molecule has 0 saturated carbocycles. The number of nitrogens with one attached hydrogen (secondary N) is 2. The maximum atomic E-state index is 11.9. The lowest BCUT2D eigenvalue weighted by Gasteiger charge is -2.14. The molecule has 0 unspecified atom stereocenters. The molecular formula is C19H26BrN5O2. The second-order valence-electron chi connectivity index (χ2n) is 6.66. The van der Waals surface area contributed by atoms with E-state index in [-0.39, 0.29) is 12.5 Å². The van der Waals surface area contributed by atoms with Crippen molar-refractivity contribution in [3.8, 4) is 0 Å². The number of guanidine groups is 1. The van der Waals surface area contributed by atoms with Crippen LogP contribution in [-0.2, 0) is 17.9 Å². The van der Waals surface area contributed by atoms with Crippen LogP contribution in [0.2, 0.25) is 0 Å². The number of amides is 1. The minimum absolute atomic E-state index is 0.0325. The minimum atomic E-state index is -0.0325. The Labute approximate surface area is 168 Å². The van der Waals surface area contributed by atoms with Gasteiger partial charge in [-0.25, -0.2) is 4.99 Å². The van der Waals surface area contributed by atoms with Crippen LogP contribution < -0.4 is 10.6 Å². The summed E-state index contributed by atoms with van der Waals surface area (Å²) in [5.41, 5.74) is 1.98. The topological polar surface area (TPSA) is 82.8 Å². The molecule has 0 fully saturated rings. The molecular weight excluding hydrogens is 410 g/mol. The number of halogens is 1. The Bertz CT molecular complexity index is 769. The normalized spacial score (nSPS) is 11.6. The third-order valence-corrected chi connectivity index (χ3v) is 4.37. The number of nitrogens with zero attached hydrogens (tertiary/aromatic N) is 3. The maximum Gasteiger partial charge on any atom is 0.241 e. The van der Waals surface area contributed by atoms with E-state index in [2.05, 4.69) is 50.6 Å². The molecule has 1 aromatic carbocycles. The van der Waals surface area contributed by atoms with Gasteiger partial charge in [0, 0.05) is 24.6 Å². The molecule has 2 aromatic rings. The molecule has 0 radical (unpaired) electrons. The Morgan fingerprint density at radius 1 is 1.26 bits per heavy atom. The SMILES string of the molecule is CC(C)c1cc(CNC(=NCc2ccc(Br)cc2)NCC(=O)N(C)C)on1. The largest absolute Gasteiger partial charge is 0.359 e. The van der Waals surface area contributed by atoms with E-state index in [9.17, 15) is 4.79 Å². The molecule has 0 aliphatic rings. The quantitative estimate of drug-likeness (QED) is 0.515. The van der Waals surface area contributed by atoms with E-state index in [0.717, 1.165) is 21.5 Å². The fourth-order valence-corrected chi connectivity index (χ4v) is 2.37. The zero-order chi connectivity index (χ0) is 19.8. The minimum Gasteiger partial charge on any atom is -0.359 e. The van der Waals surface area contributed by atoms with Gasteiger partial charge in [0.15, 0.2) is 11.7 Å². The van der Waals surface area contributed by atoms with Crippen LogP contribution in [0.3, 0.4) is 0 Å². The highest BCUT2D eigenvalue weighted by Gasteiger charge is 2.10. The average molecular weight is 436 g/mol. The highest BCUT2D eigenvalue weighted by molar-refractivity contribution is 9.10. The lowest BCUT2D eigenvalue weighted by atomic mass is 10.1. The molecule has 0 aliphatic carbocycles. The first-order valence-corrected chi connectivity index (χ1v) is 9.56. The van der Waals surface area contributed by atoms with Gasteiger partial charge in [-0.15, -0.1) is 0 Å². The Hall–Kier alpha value is -2.35. The molecule has 0 atom stereocenters. The summed E-state index contributed by atoms with van der Waals surface area (Å²) < 4.78 is 6.36. The van der Waals surface area contributed by atoms with E-state index < -0.39 is 0 Å². The number of hydrogen-bond acceptors (Lipinski definition) is 4. The number of aromatic nitrogens is 1. The summed E-state index contributed by atoms with van der Waals surface area (Å²) in [6.07, 6.45) is 0. The molecule has 0 aliphatic heterocycles. The fraction of sp³-hybridized carbons (Fsp3) is 0.421. The van der Waals surface area contributed by atoms with E-state index in [1.807, 2.05) is 30.3 Å². The number of rotatable bonds is 7. The molecule has 146 valence electrons. The van der Waals surface area contributed by atoms with E-state index >= 15 is 0 Å². The second-order valence-corrected chi connectivity index (χ2v) is 7.58. The third kappa shape index (κ3) is 7.05. The van der Waals surface area contributed by atoms with Crippen molar-refractivity contribution in [2.24, 2.45) is 4.99 Å². The number of carbonyl (C=O) groups excluding carboxylic acids is 1. The van der Waals surface area contributed by atoms with Crippen molar-refractivity contribution < 1.29 is 9.32 Å². The molecule has 1 aromatic heterocycles. The Morgan fingerprint density at radius 3 is 2.56 bits per heavy atom. The number of hydrogen-bond donors (Lipinski definition) is 2. The van der Waals surface area contributed by atoms with Crippen LogP contribution in [0.1, 0.15) is 36.8 Å². The van der Waals surface area contributed by atoms with Gasteiger partial charge in [0.2, 0.25) is 5.91 Å². The van der Waals surface area contributed by atoms with Gasteiger partial charge in [-0.3, -0.25) is 4.79 Å². The summed E-state index contributed by atoms with van der Waals surface area (Å²) in [5.74, 6) is 1.53. The van der Waals surface area contributed by atoms with Gasteiger partial charge in [0.1, 0.15) is 0 Å². The highest BCUT2D eigenvalue weighted by Crippen LogP contribution is 2.14. The van der Waals surface area contributed by atoms with Crippen molar-refractivity contribution in [3.63, 3.8) is 0 Å². The van der Waals surface area contributed by atoms with Gasteiger partial charge < -0.3 is 20.1 Å². The molecule has 7 nitrogen and oxygen atoms in total.